The molecule has 0 fully saturated rings. The normalized spacial score (nSPS) is 11.7. The van der Waals surface area contributed by atoms with Crippen LogP contribution in [-0.2, 0) is 6.54 Å². The lowest BCUT2D eigenvalue weighted by atomic mass is 9.99. The summed E-state index contributed by atoms with van der Waals surface area (Å²) in [7, 11) is 0. The van der Waals surface area contributed by atoms with Crippen LogP contribution in [0.5, 0.6) is 0 Å². The molecule has 0 atom stereocenters. The third-order valence-electron chi connectivity index (χ3n) is 11.4. The highest BCUT2D eigenvalue weighted by Crippen LogP contribution is 2.44. The Morgan fingerprint density at radius 2 is 0.965 bits per heavy atom. The number of fused-ring (bicyclic) bond motifs is 4. The van der Waals surface area contributed by atoms with Gasteiger partial charge in [-0.05, 0) is 81.6 Å². The molecule has 0 aliphatic heterocycles. The Labute approximate surface area is 344 Å². The highest BCUT2D eigenvalue weighted by Gasteiger charge is 2.21. The molecular weight excluding hydrogens is 731 g/mol. The summed E-state index contributed by atoms with van der Waals surface area (Å²) in [6.07, 6.45) is 7.76. The molecule has 0 N–H and O–H groups in total. The van der Waals surface area contributed by atoms with Gasteiger partial charge in [-0.1, -0.05) is 135 Å². The molecule has 284 valence electrons. The first-order valence-electron chi connectivity index (χ1n) is 20.5. The van der Waals surface area contributed by atoms with Crippen LogP contribution in [-0.4, -0.2) is 14.5 Å². The Morgan fingerprint density at radius 3 is 1.58 bits per heavy atom. The fourth-order valence-corrected chi connectivity index (χ4v) is 10.1. The van der Waals surface area contributed by atoms with Crippen molar-refractivity contribution in [3.63, 3.8) is 0 Å². The zero-order chi connectivity index (χ0) is 39.0. The number of nitrogens with zero attached hydrogens (tertiary/aromatic N) is 3. The van der Waals surface area contributed by atoms with Crippen molar-refractivity contribution in [2.24, 2.45) is 0 Å². The molecule has 4 aromatic heterocycles. The van der Waals surface area contributed by atoms with Crippen molar-refractivity contribution in [1.29, 1.82) is 0 Å². The van der Waals surface area contributed by atoms with Crippen molar-refractivity contribution in [3.8, 4) is 53.8 Å². The van der Waals surface area contributed by atoms with Crippen LogP contribution in [0.1, 0.15) is 67.0 Å². The summed E-state index contributed by atoms with van der Waals surface area (Å²) in [5.41, 5.74) is 15.8. The average Bonchev–Trinajstić information content (AvgIpc) is 3.96. The van der Waals surface area contributed by atoms with Crippen molar-refractivity contribution in [2.75, 3.05) is 0 Å². The number of rotatable bonds is 12. The second-order valence-electron chi connectivity index (χ2n) is 15.8. The molecule has 5 heteroatoms. The Hall–Kier alpha value is -5.36. The Balaban J connectivity index is 1.17. The van der Waals surface area contributed by atoms with Gasteiger partial charge in [-0.15, -0.1) is 22.7 Å². The molecule has 3 nitrogen and oxygen atoms in total. The van der Waals surface area contributed by atoms with E-state index in [9.17, 15) is 0 Å². The van der Waals surface area contributed by atoms with Gasteiger partial charge in [0, 0.05) is 70.1 Å². The fourth-order valence-electron chi connectivity index (χ4n) is 8.23. The third-order valence-corrected chi connectivity index (χ3v) is 13.6. The summed E-state index contributed by atoms with van der Waals surface area (Å²) in [4.78, 5) is 16.1. The van der Waals surface area contributed by atoms with Gasteiger partial charge in [0.1, 0.15) is 0 Å². The van der Waals surface area contributed by atoms with Gasteiger partial charge in [-0.25, -0.2) is 9.97 Å². The largest absolute Gasteiger partial charge is 0.340 e. The number of unbranched alkanes of at least 4 members (excludes halogenated alkanes) is 5. The number of hydrogen-bond donors (Lipinski definition) is 0. The maximum Gasteiger partial charge on any atom is 0.0988 e. The van der Waals surface area contributed by atoms with E-state index in [0.29, 0.717) is 0 Å². The van der Waals surface area contributed by atoms with Crippen molar-refractivity contribution < 1.29 is 0 Å². The van der Waals surface area contributed by atoms with Gasteiger partial charge in [-0.2, -0.15) is 0 Å². The number of aryl methyl sites for hydroxylation is 5. The first kappa shape index (κ1) is 37.2. The van der Waals surface area contributed by atoms with Crippen LogP contribution >= 0.6 is 22.7 Å². The Bertz CT molecular complexity index is 2870. The van der Waals surface area contributed by atoms with Gasteiger partial charge in [0.25, 0.3) is 0 Å². The molecule has 9 aromatic rings. The van der Waals surface area contributed by atoms with Crippen LogP contribution in [0, 0.1) is 27.7 Å². The van der Waals surface area contributed by atoms with Gasteiger partial charge >= 0.3 is 0 Å². The third kappa shape index (κ3) is 7.35. The maximum atomic E-state index is 5.61. The van der Waals surface area contributed by atoms with E-state index < -0.39 is 0 Å². The first-order chi connectivity index (χ1) is 27.8. The molecule has 0 saturated carbocycles. The van der Waals surface area contributed by atoms with Gasteiger partial charge in [-0.3, -0.25) is 0 Å². The van der Waals surface area contributed by atoms with Gasteiger partial charge < -0.3 is 4.57 Å². The number of aromatic nitrogens is 3. The molecule has 57 heavy (non-hydrogen) atoms. The summed E-state index contributed by atoms with van der Waals surface area (Å²) >= 11 is 3.65. The quantitative estimate of drug-likeness (QED) is 0.116. The molecule has 9 rings (SSSR count). The maximum absolute atomic E-state index is 5.61. The zero-order valence-electron chi connectivity index (χ0n) is 33.7. The van der Waals surface area contributed by atoms with Crippen LogP contribution in [0.2, 0.25) is 0 Å². The number of thiophene rings is 2. The van der Waals surface area contributed by atoms with Gasteiger partial charge in [0.05, 0.1) is 22.4 Å². The highest BCUT2D eigenvalue weighted by molar-refractivity contribution is 7.19. The fraction of sp³-hybridized carbons (Fsp3) is 0.231. The van der Waals surface area contributed by atoms with Gasteiger partial charge in [0.15, 0.2) is 0 Å². The van der Waals surface area contributed by atoms with Gasteiger partial charge in [0.2, 0.25) is 0 Å². The topological polar surface area (TPSA) is 30.7 Å². The predicted octanol–water partition coefficient (Wildman–Crippen LogP) is 15.8. The van der Waals surface area contributed by atoms with Crippen LogP contribution < -0.4 is 0 Å². The molecule has 0 bridgehead atoms. The highest BCUT2D eigenvalue weighted by atomic mass is 32.1. The number of hydrogen-bond acceptors (Lipinski definition) is 4. The Kier molecular flexibility index (Phi) is 10.4. The van der Waals surface area contributed by atoms with E-state index in [1.54, 1.807) is 0 Å². The van der Waals surface area contributed by atoms with Crippen molar-refractivity contribution in [2.45, 2.75) is 79.7 Å². The summed E-state index contributed by atoms with van der Waals surface area (Å²) < 4.78 is 2.59. The summed E-state index contributed by atoms with van der Waals surface area (Å²) in [6.45, 7) is 12.0. The monoisotopic (exact) mass is 779 g/mol. The van der Waals surface area contributed by atoms with E-state index >= 15 is 0 Å². The molecule has 0 aliphatic rings. The molecule has 0 aliphatic carbocycles. The minimum Gasteiger partial charge on any atom is -0.340 e. The second-order valence-corrected chi connectivity index (χ2v) is 18.1. The SMILES string of the molecule is CCCCCCCCn1c2cc(C)ccc2c2ccc(-c3ccc(-c4ccc(-c5ccc(C)s5)c5nc(-c6ccc(C)cc6)c(-c6ccc(C)cc6)nc45)s3)cc21. The minimum atomic E-state index is 0.905. The summed E-state index contributed by atoms with van der Waals surface area (Å²) in [6, 6.07) is 45.0. The molecule has 0 spiro atoms. The molecule has 5 aromatic carbocycles. The van der Waals surface area contributed by atoms with E-state index in [4.69, 9.17) is 9.97 Å². The molecular formula is C52H49N3S2. The van der Waals surface area contributed by atoms with E-state index in [0.717, 1.165) is 51.2 Å². The average molecular weight is 780 g/mol. The lowest BCUT2D eigenvalue weighted by Gasteiger charge is -2.15. The molecule has 4 heterocycles. The molecule has 0 amide bonds. The van der Waals surface area contributed by atoms with Crippen LogP contribution in [0.3, 0.4) is 0 Å². The molecule has 0 unspecified atom stereocenters. The number of benzene rings is 5. The first-order valence-corrected chi connectivity index (χ1v) is 22.2. The summed E-state index contributed by atoms with van der Waals surface area (Å²) in [5.74, 6) is 0. The van der Waals surface area contributed by atoms with Crippen molar-refractivity contribution >= 4 is 55.5 Å². The van der Waals surface area contributed by atoms with Crippen LogP contribution in [0.15, 0.2) is 121 Å². The Morgan fingerprint density at radius 1 is 0.456 bits per heavy atom. The van der Waals surface area contributed by atoms with Crippen molar-refractivity contribution in [1.82, 2.24) is 14.5 Å². The second kappa shape index (κ2) is 15.9. The standard InChI is InChI=1S/C52H49N3S2/c1-6-7-8-9-10-11-30-55-44-31-35(4)16-23-40(44)41-24-22-39(32-45(41)55)46-28-29-48(57-46)43-26-25-42(47-27-17-36(5)56-47)51-52(43)54-50(38-20-14-34(3)15-21-38)49(53-51)37-18-12-33(2)13-19-37/h12-29,31-32H,6-11,30H2,1-5H3. The summed E-state index contributed by atoms with van der Waals surface area (Å²) in [5, 5.41) is 2.69. The van der Waals surface area contributed by atoms with Crippen LogP contribution in [0.4, 0.5) is 0 Å². The molecule has 0 saturated heterocycles. The van der Waals surface area contributed by atoms with E-state index in [1.807, 2.05) is 22.7 Å². The minimum absolute atomic E-state index is 0.905. The smallest absolute Gasteiger partial charge is 0.0988 e. The van der Waals surface area contributed by atoms with Crippen molar-refractivity contribution in [3.05, 3.63) is 143 Å². The lowest BCUT2D eigenvalue weighted by Crippen LogP contribution is -1.98. The van der Waals surface area contributed by atoms with E-state index in [1.165, 1.54) is 102 Å². The lowest BCUT2D eigenvalue weighted by molar-refractivity contribution is 0.571. The van der Waals surface area contributed by atoms with E-state index in [-0.39, 0.29) is 0 Å². The molecule has 0 radical (unpaired) electrons. The van der Waals surface area contributed by atoms with E-state index in [2.05, 4.69) is 161 Å². The van der Waals surface area contributed by atoms with Crippen LogP contribution in [0.25, 0.3) is 86.7 Å². The predicted molar refractivity (Wildman–Crippen MR) is 248 cm³/mol. The zero-order valence-corrected chi connectivity index (χ0v) is 35.3.